The molecule has 0 spiro atoms. The van der Waals surface area contributed by atoms with Crippen LogP contribution in [0.15, 0.2) is 49.1 Å². The summed E-state index contributed by atoms with van der Waals surface area (Å²) in [7, 11) is 3.53. The summed E-state index contributed by atoms with van der Waals surface area (Å²) in [4.78, 5) is 16.2. The fourth-order valence-corrected chi connectivity index (χ4v) is 2.49. The van der Waals surface area contributed by atoms with Crippen LogP contribution in [0.3, 0.4) is 0 Å². The second-order valence-corrected chi connectivity index (χ2v) is 5.24. The first kappa shape index (κ1) is 14.8. The average molecular weight is 312 g/mol. The molecule has 1 aromatic carbocycles. The maximum atomic E-state index is 11.1. The van der Waals surface area contributed by atoms with E-state index in [9.17, 15) is 10.1 Å². The van der Waals surface area contributed by atoms with E-state index in [-0.39, 0.29) is 5.82 Å². The highest BCUT2D eigenvalue weighted by molar-refractivity contribution is 5.54. The van der Waals surface area contributed by atoms with Crippen molar-refractivity contribution in [1.29, 1.82) is 0 Å². The van der Waals surface area contributed by atoms with Gasteiger partial charge in [0, 0.05) is 32.4 Å². The van der Waals surface area contributed by atoms with E-state index in [2.05, 4.69) is 10.1 Å². The van der Waals surface area contributed by atoms with Crippen molar-refractivity contribution in [3.63, 3.8) is 0 Å². The Morgan fingerprint density at radius 1 is 1.30 bits per heavy atom. The molecule has 0 fully saturated rings. The van der Waals surface area contributed by atoms with E-state index in [1.54, 1.807) is 34.4 Å². The fraction of sp³-hybridized carbons (Fsp3) is 0.200. The van der Waals surface area contributed by atoms with Crippen LogP contribution in [0, 0.1) is 10.1 Å². The highest BCUT2D eigenvalue weighted by Gasteiger charge is 2.23. The largest absolute Gasteiger partial charge is 0.406 e. The van der Waals surface area contributed by atoms with Crippen LogP contribution in [-0.2, 0) is 13.6 Å². The number of nitrogens with zero attached hydrogens (tertiary/aromatic N) is 6. The molecule has 2 aromatic heterocycles. The average Bonchev–Trinajstić information content (AvgIpc) is 3.15. The van der Waals surface area contributed by atoms with Crippen molar-refractivity contribution in [2.75, 3.05) is 11.9 Å². The number of nitro groups is 1. The molecule has 0 saturated heterocycles. The summed E-state index contributed by atoms with van der Waals surface area (Å²) in [6.07, 6.45) is 5.11. The second-order valence-electron chi connectivity index (χ2n) is 5.24. The third-order valence-electron chi connectivity index (χ3n) is 3.50. The minimum Gasteiger partial charge on any atom is -0.358 e. The van der Waals surface area contributed by atoms with E-state index in [1.165, 1.54) is 6.33 Å². The lowest BCUT2D eigenvalue weighted by Gasteiger charge is -2.17. The zero-order chi connectivity index (χ0) is 16.4. The zero-order valence-electron chi connectivity index (χ0n) is 12.8. The molecular formula is C15H16N6O2. The Morgan fingerprint density at radius 3 is 2.74 bits per heavy atom. The van der Waals surface area contributed by atoms with Crippen LogP contribution in [0.1, 0.15) is 5.56 Å². The summed E-state index contributed by atoms with van der Waals surface area (Å²) in [6.45, 7) is 0.493. The van der Waals surface area contributed by atoms with E-state index in [0.29, 0.717) is 12.4 Å². The standard InChI is InChI=1S/C15H16N6O2/c1-18(15-14(21(22)23)16-11-19(15)2)9-12-8-17-20(10-12)13-6-4-3-5-7-13/h3-8,10-11H,9H2,1-2H3. The third-order valence-corrected chi connectivity index (χ3v) is 3.50. The van der Waals surface area contributed by atoms with Crippen molar-refractivity contribution >= 4 is 11.6 Å². The smallest absolute Gasteiger partial charge is 0.358 e. The topological polar surface area (TPSA) is 82.0 Å². The van der Waals surface area contributed by atoms with Gasteiger partial charge in [0.1, 0.15) is 0 Å². The van der Waals surface area contributed by atoms with Gasteiger partial charge in [0.2, 0.25) is 12.1 Å². The number of aryl methyl sites for hydroxylation is 1. The van der Waals surface area contributed by atoms with Gasteiger partial charge in [-0.15, -0.1) is 0 Å². The highest BCUT2D eigenvalue weighted by Crippen LogP contribution is 2.26. The molecule has 0 aliphatic heterocycles. The molecule has 0 bridgehead atoms. The van der Waals surface area contributed by atoms with Gasteiger partial charge in [-0.25, -0.2) is 4.68 Å². The molecule has 0 atom stereocenters. The first-order valence-electron chi connectivity index (χ1n) is 7.02. The van der Waals surface area contributed by atoms with Gasteiger partial charge in [0.05, 0.1) is 11.9 Å². The predicted molar refractivity (Wildman–Crippen MR) is 85.5 cm³/mol. The van der Waals surface area contributed by atoms with Crippen molar-refractivity contribution in [1.82, 2.24) is 19.3 Å². The van der Waals surface area contributed by atoms with Gasteiger partial charge in [-0.3, -0.25) is 4.57 Å². The quantitative estimate of drug-likeness (QED) is 0.532. The molecule has 23 heavy (non-hydrogen) atoms. The number of imidazole rings is 1. The number of para-hydroxylation sites is 1. The zero-order valence-corrected chi connectivity index (χ0v) is 12.8. The third kappa shape index (κ3) is 2.91. The summed E-state index contributed by atoms with van der Waals surface area (Å²) in [5.41, 5.74) is 1.92. The minimum absolute atomic E-state index is 0.148. The molecule has 3 rings (SSSR count). The van der Waals surface area contributed by atoms with Gasteiger partial charge < -0.3 is 15.0 Å². The van der Waals surface area contributed by atoms with Crippen LogP contribution in [0.4, 0.5) is 11.6 Å². The van der Waals surface area contributed by atoms with Gasteiger partial charge in [0.15, 0.2) is 0 Å². The van der Waals surface area contributed by atoms with E-state index in [0.717, 1.165) is 11.3 Å². The van der Waals surface area contributed by atoms with Crippen molar-refractivity contribution in [3.05, 3.63) is 64.7 Å². The van der Waals surface area contributed by atoms with Crippen LogP contribution in [0.2, 0.25) is 0 Å². The highest BCUT2D eigenvalue weighted by atomic mass is 16.6. The molecule has 0 amide bonds. The van der Waals surface area contributed by atoms with Gasteiger partial charge in [-0.1, -0.05) is 18.2 Å². The van der Waals surface area contributed by atoms with Crippen LogP contribution in [0.5, 0.6) is 0 Å². The molecular weight excluding hydrogens is 296 g/mol. The number of hydrogen-bond acceptors (Lipinski definition) is 5. The number of rotatable bonds is 5. The summed E-state index contributed by atoms with van der Waals surface area (Å²) in [5.74, 6) is 0.313. The summed E-state index contributed by atoms with van der Waals surface area (Å²) < 4.78 is 3.42. The molecule has 0 N–H and O–H groups in total. The van der Waals surface area contributed by atoms with Gasteiger partial charge in [0.25, 0.3) is 0 Å². The monoisotopic (exact) mass is 312 g/mol. The SMILES string of the molecule is CN(Cc1cnn(-c2ccccc2)c1)c1c([N+](=O)[O-])ncn1C. The summed E-state index contributed by atoms with van der Waals surface area (Å²) >= 11 is 0. The Bertz CT molecular complexity index is 824. The van der Waals surface area contributed by atoms with Gasteiger partial charge >= 0.3 is 5.82 Å². The van der Waals surface area contributed by atoms with Gasteiger partial charge in [-0.2, -0.15) is 5.10 Å². The summed E-state index contributed by atoms with van der Waals surface area (Å²) in [5, 5.41) is 15.4. The fourth-order valence-electron chi connectivity index (χ4n) is 2.49. The number of hydrogen-bond donors (Lipinski definition) is 0. The molecule has 2 heterocycles. The molecule has 0 aliphatic rings. The minimum atomic E-state index is -0.473. The van der Waals surface area contributed by atoms with Crippen molar-refractivity contribution < 1.29 is 4.92 Å². The van der Waals surface area contributed by atoms with E-state index >= 15 is 0 Å². The van der Waals surface area contributed by atoms with Crippen LogP contribution < -0.4 is 4.90 Å². The predicted octanol–water partition coefficient (Wildman–Crippen LogP) is 2.15. The Kier molecular flexibility index (Phi) is 3.80. The molecule has 0 unspecified atom stereocenters. The maximum absolute atomic E-state index is 11.1. The van der Waals surface area contributed by atoms with Crippen LogP contribution in [-0.4, -0.2) is 31.3 Å². The first-order chi connectivity index (χ1) is 11.1. The van der Waals surface area contributed by atoms with Crippen LogP contribution >= 0.6 is 0 Å². The summed E-state index contributed by atoms with van der Waals surface area (Å²) in [6, 6.07) is 9.77. The lowest BCUT2D eigenvalue weighted by molar-refractivity contribution is -0.388. The Labute approximate surface area is 132 Å². The Balaban J connectivity index is 1.82. The van der Waals surface area contributed by atoms with E-state index < -0.39 is 4.92 Å². The van der Waals surface area contributed by atoms with Crippen molar-refractivity contribution in [2.45, 2.75) is 6.54 Å². The van der Waals surface area contributed by atoms with Gasteiger partial charge in [-0.05, 0) is 22.0 Å². The molecule has 0 radical (unpaired) electrons. The maximum Gasteiger partial charge on any atom is 0.406 e. The normalized spacial score (nSPS) is 10.7. The molecule has 0 saturated carbocycles. The number of benzene rings is 1. The molecule has 118 valence electrons. The molecule has 8 heteroatoms. The molecule has 3 aromatic rings. The molecule has 0 aliphatic carbocycles. The molecule has 8 nitrogen and oxygen atoms in total. The Morgan fingerprint density at radius 2 is 2.04 bits per heavy atom. The number of anilines is 1. The van der Waals surface area contributed by atoms with Crippen molar-refractivity contribution in [2.24, 2.45) is 7.05 Å². The van der Waals surface area contributed by atoms with E-state index in [4.69, 9.17) is 0 Å². The second kappa shape index (κ2) is 5.91. The van der Waals surface area contributed by atoms with Crippen molar-refractivity contribution in [3.8, 4) is 5.69 Å². The number of aromatic nitrogens is 4. The Hall–Kier alpha value is -3.16. The lowest BCUT2D eigenvalue weighted by atomic mass is 10.3. The first-order valence-corrected chi connectivity index (χ1v) is 7.02. The van der Waals surface area contributed by atoms with Crippen LogP contribution in [0.25, 0.3) is 5.69 Å². The van der Waals surface area contributed by atoms with E-state index in [1.807, 2.05) is 36.5 Å². The lowest BCUT2D eigenvalue weighted by Crippen LogP contribution is -2.19.